The van der Waals surface area contributed by atoms with Crippen LogP contribution in [-0.2, 0) is 13.9 Å². The molecule has 0 radical (unpaired) electrons. The maximum Gasteiger partial charge on any atom is 0.239 e. The zero-order valence-electron chi connectivity index (χ0n) is 20.8. The summed E-state index contributed by atoms with van der Waals surface area (Å²) in [5.41, 5.74) is 4.97. The zero-order valence-corrected chi connectivity index (χ0v) is 22.3. The summed E-state index contributed by atoms with van der Waals surface area (Å²) in [7, 11) is 0. The summed E-state index contributed by atoms with van der Waals surface area (Å²) >= 11 is 4.05. The summed E-state index contributed by atoms with van der Waals surface area (Å²) in [6.07, 6.45) is 0. The van der Waals surface area contributed by atoms with Gasteiger partial charge in [0.25, 0.3) is 0 Å². The Morgan fingerprint density at radius 1 is 0.641 bits per heavy atom. The fraction of sp³-hybridized carbons (Fsp3) is 0.118. The van der Waals surface area contributed by atoms with Crippen molar-refractivity contribution in [3.8, 4) is 11.5 Å². The summed E-state index contributed by atoms with van der Waals surface area (Å²) in [6, 6.07) is 37.7. The van der Waals surface area contributed by atoms with E-state index in [1.807, 2.05) is 66.7 Å². The Hall–Kier alpha value is -4.22. The van der Waals surface area contributed by atoms with Gasteiger partial charge in [0.15, 0.2) is 0 Å². The van der Waals surface area contributed by atoms with Crippen molar-refractivity contribution in [1.29, 1.82) is 0 Å². The number of fused-ring (bicyclic) bond motifs is 1. The molecule has 1 saturated heterocycles. The monoisotopic (exact) mass is 571 g/mol. The molecule has 9 rings (SSSR count). The van der Waals surface area contributed by atoms with Crippen LogP contribution in [0.1, 0.15) is 28.2 Å². The molecule has 5 aromatic carbocycles. The predicted molar refractivity (Wildman–Crippen MR) is 154 cm³/mol. The van der Waals surface area contributed by atoms with Gasteiger partial charge in [-0.1, -0.05) is 94.8 Å². The molecule has 0 saturated carbocycles. The van der Waals surface area contributed by atoms with Crippen molar-refractivity contribution in [1.82, 2.24) is 0 Å². The number of rotatable bonds is 3. The molecule has 5 aromatic rings. The maximum atomic E-state index is 14.1. The highest BCUT2D eigenvalue weighted by molar-refractivity contribution is 9.09. The minimum atomic E-state index is -0.750. The van der Waals surface area contributed by atoms with E-state index in [9.17, 15) is 9.59 Å². The van der Waals surface area contributed by atoms with Gasteiger partial charge in [-0.2, -0.15) is 0 Å². The van der Waals surface area contributed by atoms with Gasteiger partial charge in [-0.3, -0.25) is 9.59 Å². The number of nitrogens with zero attached hydrogens (tertiary/aromatic N) is 1. The number of anilines is 1. The summed E-state index contributed by atoms with van der Waals surface area (Å²) in [6.45, 7) is 0. The lowest BCUT2D eigenvalue weighted by Gasteiger charge is -2.51. The molecule has 3 aliphatic carbocycles. The standard InChI is InChI=1S/C34H22BrNO3/c35-34-27-11-5-3-9-25(27)29(26-10-4-6-12-28(26)34)30-31(34)33(38)36(32(30)37)22-14-17-23(18-15-22)39-24-16-13-20-7-1-2-8-21(20)19-24/h1-19,29-31H/t29?,30-,31-,34?/m1/s1. The van der Waals surface area contributed by atoms with E-state index in [0.717, 1.165) is 38.8 Å². The van der Waals surface area contributed by atoms with Gasteiger partial charge in [-0.25, -0.2) is 4.90 Å². The van der Waals surface area contributed by atoms with Crippen molar-refractivity contribution < 1.29 is 14.3 Å². The molecule has 188 valence electrons. The Labute approximate surface area is 234 Å². The Bertz CT molecular complexity index is 1780. The van der Waals surface area contributed by atoms with Crippen molar-refractivity contribution in [2.24, 2.45) is 11.8 Å². The molecule has 4 aliphatic rings. The van der Waals surface area contributed by atoms with Crippen LogP contribution in [0.5, 0.6) is 11.5 Å². The first-order chi connectivity index (χ1) is 19.1. The normalized spacial score (nSPS) is 24.4. The molecule has 0 unspecified atom stereocenters. The summed E-state index contributed by atoms with van der Waals surface area (Å²) < 4.78 is 5.35. The van der Waals surface area contributed by atoms with E-state index in [1.54, 1.807) is 12.1 Å². The molecule has 4 nitrogen and oxygen atoms in total. The van der Waals surface area contributed by atoms with Crippen molar-refractivity contribution in [2.45, 2.75) is 10.2 Å². The van der Waals surface area contributed by atoms with E-state index in [-0.39, 0.29) is 17.7 Å². The van der Waals surface area contributed by atoms with Crippen LogP contribution in [-0.4, -0.2) is 11.8 Å². The summed E-state index contributed by atoms with van der Waals surface area (Å²) in [5.74, 6) is -0.0797. The molecule has 0 N–H and O–H groups in total. The molecule has 0 aromatic heterocycles. The number of halogens is 1. The number of amides is 2. The molecular formula is C34H22BrNO3. The highest BCUT2D eigenvalue weighted by Gasteiger charge is 2.67. The molecule has 0 spiro atoms. The van der Waals surface area contributed by atoms with Crippen LogP contribution in [0.2, 0.25) is 0 Å². The molecule has 2 bridgehead atoms. The number of hydrogen-bond donors (Lipinski definition) is 0. The number of ether oxygens (including phenoxy) is 1. The van der Waals surface area contributed by atoms with E-state index in [0.29, 0.717) is 11.4 Å². The average Bonchev–Trinajstić information content (AvgIpc) is 3.25. The van der Waals surface area contributed by atoms with E-state index in [2.05, 4.69) is 52.3 Å². The van der Waals surface area contributed by atoms with Crippen LogP contribution >= 0.6 is 15.9 Å². The SMILES string of the molecule is O=C1[C@@H]2C3c4ccccc4C(Br)(c4ccccc43)[C@H]2C(=O)N1c1ccc(Oc2ccc3ccccc3c2)cc1. The van der Waals surface area contributed by atoms with Gasteiger partial charge in [-0.15, -0.1) is 0 Å². The number of carbonyl (C=O) groups excluding carboxylic acids is 2. The second-order valence-electron chi connectivity index (χ2n) is 10.5. The Balaban J connectivity index is 1.15. The molecule has 39 heavy (non-hydrogen) atoms. The third-order valence-electron chi connectivity index (χ3n) is 8.57. The lowest BCUT2D eigenvalue weighted by molar-refractivity contribution is -0.122. The topological polar surface area (TPSA) is 46.6 Å². The van der Waals surface area contributed by atoms with Crippen LogP contribution < -0.4 is 9.64 Å². The fourth-order valence-corrected chi connectivity index (χ4v) is 8.17. The number of imide groups is 1. The number of alkyl halides is 1. The molecule has 2 atom stereocenters. The highest BCUT2D eigenvalue weighted by Crippen LogP contribution is 2.66. The van der Waals surface area contributed by atoms with Gasteiger partial charge in [0.1, 0.15) is 11.5 Å². The third kappa shape index (κ3) is 3.05. The first-order valence-electron chi connectivity index (χ1n) is 13.1. The van der Waals surface area contributed by atoms with Crippen LogP contribution in [0.25, 0.3) is 10.8 Å². The van der Waals surface area contributed by atoms with Gasteiger partial charge < -0.3 is 4.74 Å². The highest BCUT2D eigenvalue weighted by atomic mass is 79.9. The smallest absolute Gasteiger partial charge is 0.239 e. The fourth-order valence-electron chi connectivity index (χ4n) is 6.96. The van der Waals surface area contributed by atoms with E-state index < -0.39 is 16.2 Å². The van der Waals surface area contributed by atoms with Gasteiger partial charge in [0, 0.05) is 5.92 Å². The summed E-state index contributed by atoms with van der Waals surface area (Å²) in [4.78, 5) is 29.6. The quantitative estimate of drug-likeness (QED) is 0.166. The van der Waals surface area contributed by atoms with Crippen LogP contribution in [0.3, 0.4) is 0 Å². The van der Waals surface area contributed by atoms with Crippen molar-refractivity contribution in [3.63, 3.8) is 0 Å². The molecule has 1 heterocycles. The van der Waals surface area contributed by atoms with E-state index in [4.69, 9.17) is 4.74 Å². The molecule has 1 aliphatic heterocycles. The lowest BCUT2D eigenvalue weighted by Crippen LogP contribution is -2.50. The second-order valence-corrected chi connectivity index (χ2v) is 11.7. The average molecular weight is 572 g/mol. The number of carbonyl (C=O) groups is 2. The second kappa shape index (κ2) is 8.14. The molecule has 1 fully saturated rings. The van der Waals surface area contributed by atoms with Gasteiger partial charge in [-0.05, 0) is 69.4 Å². The minimum absolute atomic E-state index is 0.147. The molecule has 5 heteroatoms. The Morgan fingerprint density at radius 3 is 1.92 bits per heavy atom. The summed E-state index contributed by atoms with van der Waals surface area (Å²) in [5, 5.41) is 2.25. The third-order valence-corrected chi connectivity index (χ3v) is 9.91. The Morgan fingerprint density at radius 2 is 1.23 bits per heavy atom. The van der Waals surface area contributed by atoms with Crippen LogP contribution in [0.4, 0.5) is 5.69 Å². The van der Waals surface area contributed by atoms with E-state index >= 15 is 0 Å². The van der Waals surface area contributed by atoms with Gasteiger partial charge in [0.2, 0.25) is 11.8 Å². The minimum Gasteiger partial charge on any atom is -0.457 e. The predicted octanol–water partition coefficient (Wildman–Crippen LogP) is 7.54. The zero-order chi connectivity index (χ0) is 26.3. The van der Waals surface area contributed by atoms with Gasteiger partial charge >= 0.3 is 0 Å². The lowest BCUT2D eigenvalue weighted by atomic mass is 9.55. The molecular weight excluding hydrogens is 550 g/mol. The van der Waals surface area contributed by atoms with Crippen molar-refractivity contribution in [2.75, 3.05) is 4.90 Å². The van der Waals surface area contributed by atoms with Crippen LogP contribution in [0, 0.1) is 11.8 Å². The largest absolute Gasteiger partial charge is 0.457 e. The Kier molecular flexibility index (Phi) is 4.74. The first-order valence-corrected chi connectivity index (χ1v) is 13.9. The van der Waals surface area contributed by atoms with E-state index in [1.165, 1.54) is 4.90 Å². The maximum absolute atomic E-state index is 14.1. The first kappa shape index (κ1) is 22.7. The van der Waals surface area contributed by atoms with Gasteiger partial charge in [0.05, 0.1) is 21.8 Å². The van der Waals surface area contributed by atoms with Crippen molar-refractivity contribution >= 4 is 44.2 Å². The number of hydrogen-bond acceptors (Lipinski definition) is 3. The number of benzene rings is 5. The molecule has 2 amide bonds. The van der Waals surface area contributed by atoms with Crippen LogP contribution in [0.15, 0.2) is 115 Å². The van der Waals surface area contributed by atoms with Crippen molar-refractivity contribution in [3.05, 3.63) is 138 Å².